The Balaban J connectivity index is 1.97. The second-order valence-electron chi connectivity index (χ2n) is 7.04. The SMILES string of the molecule is COC(=O)[C@H](NC(=O)c1cccc(NC(C)=O)c1)C(c1ccccc1)c1ccccc1. The zero-order chi connectivity index (χ0) is 22.2. The highest BCUT2D eigenvalue weighted by atomic mass is 16.5. The van der Waals surface area contributed by atoms with E-state index in [2.05, 4.69) is 10.6 Å². The van der Waals surface area contributed by atoms with Crippen LogP contribution in [-0.4, -0.2) is 30.9 Å². The predicted octanol–water partition coefficient (Wildman–Crippen LogP) is 3.75. The second-order valence-corrected chi connectivity index (χ2v) is 7.04. The highest BCUT2D eigenvalue weighted by Crippen LogP contribution is 2.29. The fraction of sp³-hybridized carbons (Fsp3) is 0.160. The minimum absolute atomic E-state index is 0.238. The summed E-state index contributed by atoms with van der Waals surface area (Å²) in [7, 11) is 1.30. The van der Waals surface area contributed by atoms with Gasteiger partial charge in [0.1, 0.15) is 6.04 Å². The third kappa shape index (κ3) is 5.57. The summed E-state index contributed by atoms with van der Waals surface area (Å²) >= 11 is 0. The van der Waals surface area contributed by atoms with E-state index in [4.69, 9.17) is 4.74 Å². The first-order chi connectivity index (χ1) is 15.0. The van der Waals surface area contributed by atoms with Gasteiger partial charge in [0.2, 0.25) is 5.91 Å². The first-order valence-corrected chi connectivity index (χ1v) is 9.86. The molecule has 3 aromatic rings. The highest BCUT2D eigenvalue weighted by Gasteiger charge is 2.33. The summed E-state index contributed by atoms with van der Waals surface area (Å²) in [5, 5.41) is 5.49. The third-order valence-electron chi connectivity index (χ3n) is 4.84. The van der Waals surface area contributed by atoms with E-state index < -0.39 is 23.8 Å². The molecule has 0 aromatic heterocycles. The third-order valence-corrected chi connectivity index (χ3v) is 4.84. The van der Waals surface area contributed by atoms with Gasteiger partial charge in [0.15, 0.2) is 0 Å². The molecule has 0 bridgehead atoms. The van der Waals surface area contributed by atoms with Gasteiger partial charge >= 0.3 is 5.97 Å². The summed E-state index contributed by atoms with van der Waals surface area (Å²) in [5.74, 6) is -1.68. The van der Waals surface area contributed by atoms with E-state index in [9.17, 15) is 14.4 Å². The van der Waals surface area contributed by atoms with Crippen molar-refractivity contribution < 1.29 is 19.1 Å². The van der Waals surface area contributed by atoms with Crippen molar-refractivity contribution in [2.45, 2.75) is 18.9 Å². The Morgan fingerprint density at radius 2 is 1.39 bits per heavy atom. The molecule has 1 atom stereocenters. The number of amides is 2. The summed E-state index contributed by atoms with van der Waals surface area (Å²) in [6.45, 7) is 1.39. The van der Waals surface area contributed by atoms with Crippen LogP contribution in [0.2, 0.25) is 0 Å². The van der Waals surface area contributed by atoms with Gasteiger partial charge in [-0.3, -0.25) is 9.59 Å². The number of carbonyl (C=O) groups is 3. The number of benzene rings is 3. The van der Waals surface area contributed by atoms with E-state index in [-0.39, 0.29) is 5.91 Å². The molecule has 3 aromatic carbocycles. The molecule has 31 heavy (non-hydrogen) atoms. The second kappa shape index (κ2) is 10.2. The molecule has 0 saturated heterocycles. The monoisotopic (exact) mass is 416 g/mol. The van der Waals surface area contributed by atoms with Crippen LogP contribution in [0.25, 0.3) is 0 Å². The molecule has 158 valence electrons. The van der Waals surface area contributed by atoms with Crippen LogP contribution in [0.15, 0.2) is 84.9 Å². The topological polar surface area (TPSA) is 84.5 Å². The molecule has 0 aliphatic carbocycles. The molecule has 0 fully saturated rings. The van der Waals surface area contributed by atoms with Crippen LogP contribution >= 0.6 is 0 Å². The van der Waals surface area contributed by atoms with Gasteiger partial charge in [-0.25, -0.2) is 4.79 Å². The largest absolute Gasteiger partial charge is 0.467 e. The number of methoxy groups -OCH3 is 1. The van der Waals surface area contributed by atoms with E-state index in [1.165, 1.54) is 14.0 Å². The molecule has 6 nitrogen and oxygen atoms in total. The van der Waals surface area contributed by atoms with Crippen LogP contribution in [0.5, 0.6) is 0 Å². The van der Waals surface area contributed by atoms with Crippen molar-refractivity contribution in [2.24, 2.45) is 0 Å². The van der Waals surface area contributed by atoms with Crippen LogP contribution in [0.1, 0.15) is 34.3 Å². The van der Waals surface area contributed by atoms with Gasteiger partial charge in [0.05, 0.1) is 7.11 Å². The Morgan fingerprint density at radius 1 is 0.806 bits per heavy atom. The number of hydrogen-bond acceptors (Lipinski definition) is 4. The smallest absolute Gasteiger partial charge is 0.329 e. The standard InChI is InChI=1S/C25H24N2O4/c1-17(28)26-21-15-9-14-20(16-21)24(29)27-23(25(30)31-2)22(18-10-5-3-6-11-18)19-12-7-4-8-13-19/h3-16,22-23H,1-2H3,(H,26,28)(H,27,29)/t23-/m1/s1. The molecule has 2 amide bonds. The average Bonchev–Trinajstić information content (AvgIpc) is 2.79. The summed E-state index contributed by atoms with van der Waals surface area (Å²) in [5.41, 5.74) is 2.56. The van der Waals surface area contributed by atoms with Crippen molar-refractivity contribution >= 4 is 23.5 Å². The highest BCUT2D eigenvalue weighted by molar-refractivity contribution is 5.99. The maximum atomic E-state index is 13.0. The maximum Gasteiger partial charge on any atom is 0.329 e. The number of esters is 1. The van der Waals surface area contributed by atoms with Gasteiger partial charge in [-0.2, -0.15) is 0 Å². The van der Waals surface area contributed by atoms with Gasteiger partial charge < -0.3 is 15.4 Å². The summed E-state index contributed by atoms with van der Waals surface area (Å²) < 4.78 is 5.04. The van der Waals surface area contributed by atoms with E-state index >= 15 is 0 Å². The first kappa shape index (κ1) is 21.8. The first-order valence-electron chi connectivity index (χ1n) is 9.86. The fourth-order valence-electron chi connectivity index (χ4n) is 3.47. The Morgan fingerprint density at radius 3 is 1.90 bits per heavy atom. The van der Waals surface area contributed by atoms with Crippen molar-refractivity contribution in [1.82, 2.24) is 5.32 Å². The quantitative estimate of drug-likeness (QED) is 0.575. The summed E-state index contributed by atoms with van der Waals surface area (Å²) in [6, 6.07) is 24.6. The fourth-order valence-corrected chi connectivity index (χ4v) is 3.47. The lowest BCUT2D eigenvalue weighted by Crippen LogP contribution is -2.46. The zero-order valence-electron chi connectivity index (χ0n) is 17.4. The van der Waals surface area contributed by atoms with E-state index in [1.54, 1.807) is 24.3 Å². The number of carbonyl (C=O) groups excluding carboxylic acids is 3. The zero-order valence-corrected chi connectivity index (χ0v) is 17.4. The van der Waals surface area contributed by atoms with Gasteiger partial charge in [-0.1, -0.05) is 66.7 Å². The number of nitrogens with one attached hydrogen (secondary N) is 2. The minimum Gasteiger partial charge on any atom is -0.467 e. The van der Waals surface area contributed by atoms with Crippen molar-refractivity contribution in [3.63, 3.8) is 0 Å². The van der Waals surface area contributed by atoms with E-state index in [1.807, 2.05) is 60.7 Å². The van der Waals surface area contributed by atoms with Gasteiger partial charge in [-0.15, -0.1) is 0 Å². The molecule has 0 heterocycles. The van der Waals surface area contributed by atoms with Crippen LogP contribution in [0.3, 0.4) is 0 Å². The van der Waals surface area contributed by atoms with Gasteiger partial charge in [0, 0.05) is 24.1 Å². The van der Waals surface area contributed by atoms with E-state index in [0.717, 1.165) is 11.1 Å². The lowest BCUT2D eigenvalue weighted by atomic mass is 9.84. The Labute approximate surface area is 181 Å². The molecular weight excluding hydrogens is 392 g/mol. The van der Waals surface area contributed by atoms with Crippen LogP contribution in [0, 0.1) is 0 Å². The van der Waals surface area contributed by atoms with Crippen LogP contribution < -0.4 is 10.6 Å². The van der Waals surface area contributed by atoms with Crippen molar-refractivity contribution in [3.8, 4) is 0 Å². The molecular formula is C25H24N2O4. The molecule has 0 spiro atoms. The minimum atomic E-state index is -0.952. The summed E-state index contributed by atoms with van der Waals surface area (Å²) in [4.78, 5) is 37.2. The maximum absolute atomic E-state index is 13.0. The van der Waals surface area contributed by atoms with E-state index in [0.29, 0.717) is 11.3 Å². The van der Waals surface area contributed by atoms with Crippen LogP contribution in [0.4, 0.5) is 5.69 Å². The Kier molecular flexibility index (Phi) is 7.17. The molecule has 3 rings (SSSR count). The number of anilines is 1. The molecule has 2 N–H and O–H groups in total. The Hall–Kier alpha value is -3.93. The van der Waals surface area contributed by atoms with Gasteiger partial charge in [-0.05, 0) is 29.3 Å². The van der Waals surface area contributed by atoms with Crippen molar-refractivity contribution in [2.75, 3.05) is 12.4 Å². The Bertz CT molecular complexity index is 1010. The normalized spacial score (nSPS) is 11.5. The summed E-state index contributed by atoms with van der Waals surface area (Å²) in [6.07, 6.45) is 0. The molecule has 0 aliphatic heterocycles. The lowest BCUT2D eigenvalue weighted by molar-refractivity contribution is -0.143. The van der Waals surface area contributed by atoms with Crippen molar-refractivity contribution in [3.05, 3.63) is 102 Å². The van der Waals surface area contributed by atoms with Gasteiger partial charge in [0.25, 0.3) is 5.91 Å². The average molecular weight is 416 g/mol. The number of rotatable bonds is 7. The molecule has 0 radical (unpaired) electrons. The number of ether oxygens (including phenoxy) is 1. The molecule has 0 saturated carbocycles. The molecule has 0 aliphatic rings. The predicted molar refractivity (Wildman–Crippen MR) is 119 cm³/mol. The van der Waals surface area contributed by atoms with Crippen LogP contribution in [-0.2, 0) is 14.3 Å². The molecule has 0 unspecified atom stereocenters. The lowest BCUT2D eigenvalue weighted by Gasteiger charge is -2.27. The number of hydrogen-bond donors (Lipinski definition) is 2. The van der Waals surface area contributed by atoms with Crippen molar-refractivity contribution in [1.29, 1.82) is 0 Å². The molecule has 6 heteroatoms.